The second-order valence-corrected chi connectivity index (χ2v) is 5.25. The fourth-order valence-electron chi connectivity index (χ4n) is 1.20. The van der Waals surface area contributed by atoms with Crippen LogP contribution in [0.4, 0.5) is 8.78 Å². The van der Waals surface area contributed by atoms with Crippen molar-refractivity contribution >= 4 is 13.4 Å². The van der Waals surface area contributed by atoms with Crippen LogP contribution < -0.4 is 9.79 Å². The number of hydrogen-bond donors (Lipinski definition) is 0. The van der Waals surface area contributed by atoms with E-state index < -0.39 is 31.9 Å². The molecular formula is C9H15F2O4P-2. The van der Waals surface area contributed by atoms with E-state index in [0.717, 1.165) is 12.8 Å². The Morgan fingerprint density at radius 2 is 1.81 bits per heavy atom. The average molecular weight is 256 g/mol. The zero-order valence-corrected chi connectivity index (χ0v) is 9.97. The molecule has 16 heavy (non-hydrogen) atoms. The number of rotatable bonds is 8. The molecule has 0 amide bonds. The first-order valence-corrected chi connectivity index (χ1v) is 6.84. The maximum absolute atomic E-state index is 13.0. The van der Waals surface area contributed by atoms with Gasteiger partial charge in [-0.1, -0.05) is 33.8 Å². The number of carbonyl (C=O) groups excluding carboxylic acids is 1. The number of halogens is 2. The molecule has 4 nitrogen and oxygen atoms in total. The standard InChI is InChI=1S/C9H17F2O4P/c1-2-3-4-5-6-9(10,11)8(12)7-16(13,14)15/h2-7H2,1H3,(H2,13,14,15)/p-2. The first-order chi connectivity index (χ1) is 7.19. The predicted octanol–water partition coefficient (Wildman–Crippen LogP) is 1.07. The van der Waals surface area contributed by atoms with Crippen LogP contribution in [0.15, 0.2) is 0 Å². The van der Waals surface area contributed by atoms with Crippen molar-refractivity contribution in [3.8, 4) is 0 Å². The van der Waals surface area contributed by atoms with Crippen LogP contribution in [-0.4, -0.2) is 17.9 Å². The van der Waals surface area contributed by atoms with Crippen LogP contribution in [-0.2, 0) is 9.36 Å². The molecule has 0 saturated carbocycles. The Kier molecular flexibility index (Phi) is 6.30. The van der Waals surface area contributed by atoms with Crippen LogP contribution in [0.2, 0.25) is 0 Å². The summed E-state index contributed by atoms with van der Waals surface area (Å²) in [5.74, 6) is -5.49. The van der Waals surface area contributed by atoms with Crippen molar-refractivity contribution in [3.63, 3.8) is 0 Å². The summed E-state index contributed by atoms with van der Waals surface area (Å²) in [7, 11) is -5.19. The lowest BCUT2D eigenvalue weighted by Crippen LogP contribution is -2.34. The van der Waals surface area contributed by atoms with Gasteiger partial charge in [0.1, 0.15) is 0 Å². The molecule has 0 bridgehead atoms. The van der Waals surface area contributed by atoms with Crippen LogP contribution in [0.5, 0.6) is 0 Å². The zero-order valence-electron chi connectivity index (χ0n) is 9.08. The van der Waals surface area contributed by atoms with Crippen molar-refractivity contribution < 1.29 is 27.9 Å². The number of unbranched alkanes of at least 4 members (excludes halogenated alkanes) is 3. The highest BCUT2D eigenvalue weighted by molar-refractivity contribution is 7.49. The Morgan fingerprint density at radius 1 is 1.25 bits per heavy atom. The molecular weight excluding hydrogens is 241 g/mol. The van der Waals surface area contributed by atoms with Gasteiger partial charge in [0.25, 0.3) is 0 Å². The molecule has 0 aromatic rings. The third-order valence-corrected chi connectivity index (χ3v) is 2.76. The SMILES string of the molecule is CCCCCCC(F)(F)C(=O)CP(=O)([O-])[O-]. The van der Waals surface area contributed by atoms with Gasteiger partial charge in [-0.3, -0.25) is 4.79 Å². The molecule has 96 valence electrons. The van der Waals surface area contributed by atoms with E-state index >= 15 is 0 Å². The van der Waals surface area contributed by atoms with E-state index in [0.29, 0.717) is 6.42 Å². The normalized spacial score (nSPS) is 12.8. The zero-order chi connectivity index (χ0) is 12.8. The van der Waals surface area contributed by atoms with E-state index in [-0.39, 0.29) is 6.42 Å². The lowest BCUT2D eigenvalue weighted by molar-refractivity contribution is -0.313. The third kappa shape index (κ3) is 7.04. The number of alkyl halides is 2. The molecule has 7 heteroatoms. The third-order valence-electron chi connectivity index (χ3n) is 2.09. The lowest BCUT2D eigenvalue weighted by atomic mass is 10.1. The first-order valence-electron chi connectivity index (χ1n) is 5.11. The van der Waals surface area contributed by atoms with E-state index in [1.165, 1.54) is 0 Å². The fraction of sp³-hybridized carbons (Fsp3) is 0.889. The predicted molar refractivity (Wildman–Crippen MR) is 51.2 cm³/mol. The monoisotopic (exact) mass is 256 g/mol. The minimum atomic E-state index is -5.19. The molecule has 0 aliphatic heterocycles. The van der Waals surface area contributed by atoms with E-state index in [2.05, 4.69) is 0 Å². The molecule has 0 aliphatic rings. The lowest BCUT2D eigenvalue weighted by Gasteiger charge is -2.30. The Labute approximate surface area is 93.2 Å². The van der Waals surface area contributed by atoms with Crippen molar-refractivity contribution in [1.29, 1.82) is 0 Å². The Morgan fingerprint density at radius 3 is 2.25 bits per heavy atom. The largest absolute Gasteiger partial charge is 0.810 e. The van der Waals surface area contributed by atoms with Gasteiger partial charge in [-0.15, -0.1) is 0 Å². The molecule has 0 aliphatic carbocycles. The maximum atomic E-state index is 13.0. The number of ketones is 1. The van der Waals surface area contributed by atoms with Crippen molar-refractivity contribution in [2.75, 3.05) is 6.16 Å². The van der Waals surface area contributed by atoms with Crippen molar-refractivity contribution in [1.82, 2.24) is 0 Å². The van der Waals surface area contributed by atoms with E-state index in [1.807, 2.05) is 6.92 Å². The Hall–Kier alpha value is -0.320. The summed E-state index contributed by atoms with van der Waals surface area (Å²) in [6.07, 6.45) is 0.0711. The maximum Gasteiger partial charge on any atom is 0.305 e. The summed E-state index contributed by atoms with van der Waals surface area (Å²) < 4.78 is 36.2. The van der Waals surface area contributed by atoms with Gasteiger partial charge in [-0.2, -0.15) is 8.78 Å². The second-order valence-electron chi connectivity index (χ2n) is 3.71. The van der Waals surface area contributed by atoms with E-state index in [9.17, 15) is 27.9 Å². The van der Waals surface area contributed by atoms with Crippen LogP contribution in [0.1, 0.15) is 39.0 Å². The summed E-state index contributed by atoms with van der Waals surface area (Å²) in [6, 6.07) is 0. The minimum Gasteiger partial charge on any atom is -0.810 e. The van der Waals surface area contributed by atoms with Gasteiger partial charge in [0.05, 0.1) is 0 Å². The van der Waals surface area contributed by atoms with Crippen molar-refractivity contribution in [3.05, 3.63) is 0 Å². The molecule has 0 N–H and O–H groups in total. The van der Waals surface area contributed by atoms with Crippen LogP contribution in [0.3, 0.4) is 0 Å². The van der Waals surface area contributed by atoms with Gasteiger partial charge in [0.15, 0.2) is 0 Å². The topological polar surface area (TPSA) is 80.3 Å². The van der Waals surface area contributed by atoms with Crippen LogP contribution >= 0.6 is 7.60 Å². The summed E-state index contributed by atoms with van der Waals surface area (Å²) >= 11 is 0. The van der Waals surface area contributed by atoms with E-state index in [1.54, 1.807) is 0 Å². The molecule has 0 saturated heterocycles. The summed E-state index contributed by atoms with van der Waals surface area (Å²) in [6.45, 7) is 1.91. The summed E-state index contributed by atoms with van der Waals surface area (Å²) in [5, 5.41) is 0. The molecule has 0 fully saturated rings. The van der Waals surface area contributed by atoms with Crippen LogP contribution in [0.25, 0.3) is 0 Å². The van der Waals surface area contributed by atoms with Gasteiger partial charge in [0.2, 0.25) is 5.78 Å². The van der Waals surface area contributed by atoms with Gasteiger partial charge in [0, 0.05) is 12.6 Å². The molecule has 0 spiro atoms. The van der Waals surface area contributed by atoms with Gasteiger partial charge in [-0.25, -0.2) is 0 Å². The summed E-state index contributed by atoms with van der Waals surface area (Å²) in [4.78, 5) is 31.2. The molecule has 0 aromatic carbocycles. The van der Waals surface area contributed by atoms with Gasteiger partial charge in [-0.05, 0) is 6.42 Å². The van der Waals surface area contributed by atoms with Crippen molar-refractivity contribution in [2.24, 2.45) is 0 Å². The minimum absolute atomic E-state index is 0.147. The molecule has 0 radical (unpaired) electrons. The Balaban J connectivity index is 4.11. The molecule has 0 unspecified atom stereocenters. The molecule has 0 rings (SSSR count). The number of carbonyl (C=O) groups is 1. The fourth-order valence-corrected chi connectivity index (χ4v) is 1.79. The number of Topliss-reactive ketones (excluding diaryl/α,β-unsaturated/α-hetero) is 1. The highest BCUT2D eigenvalue weighted by Gasteiger charge is 2.37. The average Bonchev–Trinajstić information content (AvgIpc) is 2.09. The Bertz CT molecular complexity index is 275. The van der Waals surface area contributed by atoms with Crippen molar-refractivity contribution in [2.45, 2.75) is 45.0 Å². The van der Waals surface area contributed by atoms with E-state index in [4.69, 9.17) is 0 Å². The smallest absolute Gasteiger partial charge is 0.305 e. The van der Waals surface area contributed by atoms with Crippen LogP contribution in [0, 0.1) is 0 Å². The molecule has 0 aromatic heterocycles. The molecule has 0 atom stereocenters. The first kappa shape index (κ1) is 15.7. The highest BCUT2D eigenvalue weighted by Crippen LogP contribution is 2.30. The number of hydrogen-bond acceptors (Lipinski definition) is 4. The quantitative estimate of drug-likeness (QED) is 0.480. The highest BCUT2D eigenvalue weighted by atomic mass is 31.2. The van der Waals surface area contributed by atoms with Gasteiger partial charge < -0.3 is 14.4 Å². The second kappa shape index (κ2) is 6.42. The summed E-state index contributed by atoms with van der Waals surface area (Å²) in [5.41, 5.74) is 0. The molecule has 0 heterocycles. The van der Waals surface area contributed by atoms with Gasteiger partial charge >= 0.3 is 5.92 Å².